The first-order valence-corrected chi connectivity index (χ1v) is 11.1. The van der Waals surface area contributed by atoms with E-state index in [2.05, 4.69) is 11.0 Å². The number of hydrogen-bond acceptors (Lipinski definition) is 4. The Kier molecular flexibility index (Phi) is 8.04. The fourth-order valence-electron chi connectivity index (χ4n) is 3.18. The van der Waals surface area contributed by atoms with Crippen LogP contribution in [0.15, 0.2) is 52.3 Å². The first-order valence-electron chi connectivity index (χ1n) is 9.48. The van der Waals surface area contributed by atoms with Crippen molar-refractivity contribution in [1.82, 2.24) is 9.80 Å². The molecular weight excluding hydrogens is 427 g/mol. The molecule has 154 valence electrons. The summed E-state index contributed by atoms with van der Waals surface area (Å²) in [5, 5.41) is 10.5. The predicted molar refractivity (Wildman–Crippen MR) is 121 cm³/mol. The van der Waals surface area contributed by atoms with Gasteiger partial charge in [-0.15, -0.1) is 0 Å². The summed E-state index contributed by atoms with van der Waals surface area (Å²) >= 11 is 14.5. The average Bonchev–Trinajstić information content (AvgIpc) is 2.73. The second-order valence-electron chi connectivity index (χ2n) is 6.86. The Balaban J connectivity index is 1.63. The molecule has 1 fully saturated rings. The summed E-state index contributed by atoms with van der Waals surface area (Å²) in [6, 6.07) is 11.6. The Morgan fingerprint density at radius 1 is 1.07 bits per heavy atom. The van der Waals surface area contributed by atoms with Gasteiger partial charge in [-0.05, 0) is 23.3 Å². The Bertz CT molecular complexity index is 896. The van der Waals surface area contributed by atoms with Crippen LogP contribution in [0.3, 0.4) is 0 Å². The van der Waals surface area contributed by atoms with Gasteiger partial charge in [-0.2, -0.15) is 0 Å². The van der Waals surface area contributed by atoms with Crippen LogP contribution in [0.5, 0.6) is 0 Å². The molecule has 0 aliphatic carbocycles. The number of piperazine rings is 1. The maximum atomic E-state index is 11.4. The molecule has 1 saturated heterocycles. The van der Waals surface area contributed by atoms with Gasteiger partial charge in [-0.25, -0.2) is 0 Å². The zero-order valence-electron chi connectivity index (χ0n) is 16.3. The standard InChI is InChI=1S/C22H24Cl2N2O2S/c1-16(28)26-13-11-25(12-14-26)10-4-6-17-8-9-20(22(24)21(17)23)29-19-7-3-2-5-18(19)15-27/h2-9,27H,10-15H2,1H3/b6-4+. The number of carbonyl (C=O) groups excluding carboxylic acids is 1. The zero-order chi connectivity index (χ0) is 20.8. The molecule has 4 nitrogen and oxygen atoms in total. The highest BCUT2D eigenvalue weighted by Crippen LogP contribution is 2.40. The van der Waals surface area contributed by atoms with Crippen LogP contribution < -0.4 is 0 Å². The van der Waals surface area contributed by atoms with Gasteiger partial charge in [0, 0.05) is 49.4 Å². The third-order valence-electron chi connectivity index (χ3n) is 4.92. The molecule has 1 aliphatic rings. The number of amides is 1. The van der Waals surface area contributed by atoms with Gasteiger partial charge in [0.2, 0.25) is 5.91 Å². The van der Waals surface area contributed by atoms with Gasteiger partial charge in [0.25, 0.3) is 0 Å². The fraction of sp³-hybridized carbons (Fsp3) is 0.318. The van der Waals surface area contributed by atoms with Gasteiger partial charge in [0.05, 0.1) is 16.7 Å². The van der Waals surface area contributed by atoms with Gasteiger partial charge in [0.15, 0.2) is 0 Å². The van der Waals surface area contributed by atoms with E-state index in [4.69, 9.17) is 23.2 Å². The molecule has 0 saturated carbocycles. The summed E-state index contributed by atoms with van der Waals surface area (Å²) in [6.07, 6.45) is 4.07. The Morgan fingerprint density at radius 3 is 2.48 bits per heavy atom. The smallest absolute Gasteiger partial charge is 0.219 e. The Morgan fingerprint density at radius 2 is 1.79 bits per heavy atom. The highest BCUT2D eigenvalue weighted by Gasteiger charge is 2.17. The van der Waals surface area contributed by atoms with E-state index in [0.29, 0.717) is 10.0 Å². The summed E-state index contributed by atoms with van der Waals surface area (Å²) in [7, 11) is 0. The number of nitrogens with zero attached hydrogens (tertiary/aromatic N) is 2. The lowest BCUT2D eigenvalue weighted by molar-refractivity contribution is -0.130. The van der Waals surface area contributed by atoms with Gasteiger partial charge in [0.1, 0.15) is 0 Å². The number of hydrogen-bond donors (Lipinski definition) is 1. The maximum absolute atomic E-state index is 11.4. The molecule has 1 amide bonds. The summed E-state index contributed by atoms with van der Waals surface area (Å²) in [5.74, 6) is 0.140. The normalized spacial score (nSPS) is 15.2. The van der Waals surface area contributed by atoms with E-state index in [1.54, 1.807) is 6.92 Å². The molecule has 2 aromatic rings. The number of carbonyl (C=O) groups is 1. The molecule has 0 unspecified atom stereocenters. The van der Waals surface area contributed by atoms with Crippen LogP contribution in [0.2, 0.25) is 10.0 Å². The number of benzene rings is 2. The lowest BCUT2D eigenvalue weighted by atomic mass is 10.2. The minimum absolute atomic E-state index is 0.0178. The van der Waals surface area contributed by atoms with Crippen molar-refractivity contribution >= 4 is 46.9 Å². The summed E-state index contributed by atoms with van der Waals surface area (Å²) in [6.45, 7) is 5.70. The summed E-state index contributed by atoms with van der Waals surface area (Å²) in [5.41, 5.74) is 1.73. The van der Waals surface area contributed by atoms with Crippen LogP contribution in [-0.4, -0.2) is 53.5 Å². The second kappa shape index (κ2) is 10.5. The van der Waals surface area contributed by atoms with Crippen LogP contribution >= 0.6 is 35.0 Å². The van der Waals surface area contributed by atoms with Crippen molar-refractivity contribution in [1.29, 1.82) is 0 Å². The van der Waals surface area contributed by atoms with Crippen molar-refractivity contribution in [2.75, 3.05) is 32.7 Å². The molecule has 0 radical (unpaired) electrons. The fourth-order valence-corrected chi connectivity index (χ4v) is 4.73. The molecule has 1 heterocycles. The van der Waals surface area contributed by atoms with E-state index in [9.17, 15) is 9.90 Å². The van der Waals surface area contributed by atoms with E-state index in [1.807, 2.05) is 47.4 Å². The quantitative estimate of drug-likeness (QED) is 0.685. The van der Waals surface area contributed by atoms with Crippen molar-refractivity contribution in [3.05, 3.63) is 63.6 Å². The largest absolute Gasteiger partial charge is 0.392 e. The van der Waals surface area contributed by atoms with Crippen molar-refractivity contribution in [3.8, 4) is 0 Å². The minimum Gasteiger partial charge on any atom is -0.392 e. The zero-order valence-corrected chi connectivity index (χ0v) is 18.6. The molecule has 1 aliphatic heterocycles. The molecule has 1 N–H and O–H groups in total. The Labute approximate surface area is 186 Å². The van der Waals surface area contributed by atoms with Crippen LogP contribution in [-0.2, 0) is 11.4 Å². The molecule has 0 aromatic heterocycles. The topological polar surface area (TPSA) is 43.8 Å². The summed E-state index contributed by atoms with van der Waals surface area (Å²) < 4.78 is 0. The van der Waals surface area contributed by atoms with Crippen LogP contribution in [0, 0.1) is 0 Å². The molecule has 29 heavy (non-hydrogen) atoms. The highest BCUT2D eigenvalue weighted by molar-refractivity contribution is 7.99. The van der Waals surface area contributed by atoms with E-state index in [0.717, 1.165) is 53.6 Å². The van der Waals surface area contributed by atoms with Gasteiger partial charge in [-0.1, -0.05) is 71.4 Å². The molecule has 0 spiro atoms. The minimum atomic E-state index is -0.0178. The van der Waals surface area contributed by atoms with Crippen molar-refractivity contribution in [2.45, 2.75) is 23.3 Å². The van der Waals surface area contributed by atoms with Gasteiger partial charge >= 0.3 is 0 Å². The Hall–Kier alpha value is -1.50. The first-order chi connectivity index (χ1) is 14.0. The maximum Gasteiger partial charge on any atom is 0.219 e. The second-order valence-corrected chi connectivity index (χ2v) is 8.70. The van der Waals surface area contributed by atoms with E-state index in [-0.39, 0.29) is 12.5 Å². The van der Waals surface area contributed by atoms with E-state index < -0.39 is 0 Å². The lowest BCUT2D eigenvalue weighted by Gasteiger charge is -2.33. The van der Waals surface area contributed by atoms with Crippen LogP contribution in [0.4, 0.5) is 0 Å². The number of rotatable bonds is 6. The van der Waals surface area contributed by atoms with E-state index in [1.165, 1.54) is 11.8 Å². The summed E-state index contributed by atoms with van der Waals surface area (Å²) in [4.78, 5) is 17.4. The van der Waals surface area contributed by atoms with Crippen LogP contribution in [0.25, 0.3) is 6.08 Å². The predicted octanol–water partition coefficient (Wildman–Crippen LogP) is 4.81. The monoisotopic (exact) mass is 450 g/mol. The van der Waals surface area contributed by atoms with Gasteiger partial charge < -0.3 is 10.0 Å². The number of aliphatic hydroxyl groups excluding tert-OH is 1. The SMILES string of the molecule is CC(=O)N1CCN(C/C=C/c2ccc(Sc3ccccc3CO)c(Cl)c2Cl)CC1. The molecular formula is C22H24Cl2N2O2S. The highest BCUT2D eigenvalue weighted by atomic mass is 35.5. The molecule has 7 heteroatoms. The van der Waals surface area contributed by atoms with Crippen molar-refractivity contribution in [3.63, 3.8) is 0 Å². The van der Waals surface area contributed by atoms with Gasteiger partial charge in [-0.3, -0.25) is 9.69 Å². The molecule has 0 atom stereocenters. The average molecular weight is 451 g/mol. The van der Waals surface area contributed by atoms with Crippen molar-refractivity contribution < 1.29 is 9.90 Å². The van der Waals surface area contributed by atoms with Crippen LogP contribution in [0.1, 0.15) is 18.1 Å². The third kappa shape index (κ3) is 5.77. The third-order valence-corrected chi connectivity index (χ3v) is 7.11. The first kappa shape index (κ1) is 22.2. The molecule has 2 aromatic carbocycles. The number of aliphatic hydroxyl groups is 1. The molecule has 3 rings (SSSR count). The van der Waals surface area contributed by atoms with Crippen molar-refractivity contribution in [2.24, 2.45) is 0 Å². The lowest BCUT2D eigenvalue weighted by Crippen LogP contribution is -2.47. The number of halogens is 2. The van der Waals surface area contributed by atoms with E-state index >= 15 is 0 Å². The molecule has 0 bridgehead atoms.